The fourth-order valence-electron chi connectivity index (χ4n) is 1.75. The Labute approximate surface area is 138 Å². The highest BCUT2D eigenvalue weighted by molar-refractivity contribution is 5.96. The van der Waals surface area contributed by atoms with Crippen molar-refractivity contribution >= 4 is 17.8 Å². The van der Waals surface area contributed by atoms with Crippen LogP contribution in [0.25, 0.3) is 0 Å². The van der Waals surface area contributed by atoms with Crippen LogP contribution in [-0.2, 0) is 14.3 Å². The first kappa shape index (κ1) is 19.2. The first-order valence-electron chi connectivity index (χ1n) is 7.02. The standard InChI is InChI=1S/C16H18N2O6/c1-24-10-2-3-11-4-6-12(7-5-11)15(20)17-13(16(21)22)8-9-14(19)18-23/h4-7,13,23H,8-10H2,1H3,(H,17,20)(H,18,19)(H,21,22). The molecule has 1 rings (SSSR count). The number of carbonyl (C=O) groups is 3. The fourth-order valence-corrected chi connectivity index (χ4v) is 1.75. The summed E-state index contributed by atoms with van der Waals surface area (Å²) in [5.74, 6) is 3.04. The SMILES string of the molecule is COCC#Cc1ccc(C(=O)NC(CCC(=O)NO)C(=O)O)cc1. The first-order valence-corrected chi connectivity index (χ1v) is 7.02. The molecule has 24 heavy (non-hydrogen) atoms. The maximum absolute atomic E-state index is 12.1. The first-order chi connectivity index (χ1) is 11.5. The quantitative estimate of drug-likeness (QED) is 0.320. The third-order valence-electron chi connectivity index (χ3n) is 2.98. The van der Waals surface area contributed by atoms with E-state index in [1.807, 2.05) is 0 Å². The largest absolute Gasteiger partial charge is 0.480 e. The van der Waals surface area contributed by atoms with Gasteiger partial charge in [-0.15, -0.1) is 0 Å². The van der Waals surface area contributed by atoms with Gasteiger partial charge in [0.2, 0.25) is 5.91 Å². The zero-order valence-electron chi connectivity index (χ0n) is 13.0. The number of carboxylic acids is 1. The molecule has 0 spiro atoms. The lowest BCUT2D eigenvalue weighted by atomic mass is 10.1. The van der Waals surface area contributed by atoms with Crippen molar-refractivity contribution < 1.29 is 29.4 Å². The highest BCUT2D eigenvalue weighted by Crippen LogP contribution is 2.05. The van der Waals surface area contributed by atoms with Gasteiger partial charge in [0, 0.05) is 24.7 Å². The van der Waals surface area contributed by atoms with E-state index in [1.165, 1.54) is 24.7 Å². The van der Waals surface area contributed by atoms with E-state index in [2.05, 4.69) is 17.2 Å². The number of amides is 2. The summed E-state index contributed by atoms with van der Waals surface area (Å²) >= 11 is 0. The Hall–Kier alpha value is -2.89. The van der Waals surface area contributed by atoms with Crippen molar-refractivity contribution in [3.05, 3.63) is 35.4 Å². The summed E-state index contributed by atoms with van der Waals surface area (Å²) in [6, 6.07) is 5.06. The molecule has 1 aromatic carbocycles. The number of benzene rings is 1. The summed E-state index contributed by atoms with van der Waals surface area (Å²) in [7, 11) is 1.53. The van der Waals surface area contributed by atoms with E-state index < -0.39 is 23.8 Å². The van der Waals surface area contributed by atoms with Gasteiger partial charge in [0.05, 0.1) is 0 Å². The van der Waals surface area contributed by atoms with Crippen molar-refractivity contribution in [1.29, 1.82) is 0 Å². The van der Waals surface area contributed by atoms with E-state index in [0.717, 1.165) is 0 Å². The number of aliphatic carboxylic acids is 1. The van der Waals surface area contributed by atoms with E-state index in [9.17, 15) is 14.4 Å². The van der Waals surface area contributed by atoms with Crippen molar-refractivity contribution in [2.24, 2.45) is 0 Å². The smallest absolute Gasteiger partial charge is 0.326 e. The molecule has 8 nitrogen and oxygen atoms in total. The molecule has 8 heteroatoms. The number of carboxylic acid groups (broad SMARTS) is 1. The van der Waals surface area contributed by atoms with E-state index in [1.54, 1.807) is 12.1 Å². The minimum Gasteiger partial charge on any atom is -0.480 e. The van der Waals surface area contributed by atoms with Crippen molar-refractivity contribution in [2.75, 3.05) is 13.7 Å². The summed E-state index contributed by atoms with van der Waals surface area (Å²) in [6.07, 6.45) is -0.379. The Kier molecular flexibility index (Phi) is 7.98. The minimum atomic E-state index is -1.27. The summed E-state index contributed by atoms with van der Waals surface area (Å²) in [5.41, 5.74) is 2.37. The van der Waals surface area contributed by atoms with Crippen LogP contribution in [0.1, 0.15) is 28.8 Å². The lowest BCUT2D eigenvalue weighted by Crippen LogP contribution is -2.41. The maximum Gasteiger partial charge on any atom is 0.326 e. The summed E-state index contributed by atoms with van der Waals surface area (Å²) < 4.78 is 4.80. The maximum atomic E-state index is 12.1. The molecule has 0 fully saturated rings. The van der Waals surface area contributed by atoms with Crippen LogP contribution in [0.2, 0.25) is 0 Å². The predicted molar refractivity (Wildman–Crippen MR) is 83.2 cm³/mol. The fraction of sp³-hybridized carbons (Fsp3) is 0.312. The zero-order valence-corrected chi connectivity index (χ0v) is 13.0. The second kappa shape index (κ2) is 9.99. The van der Waals surface area contributed by atoms with E-state index >= 15 is 0 Å². The summed E-state index contributed by atoms with van der Waals surface area (Å²) in [4.78, 5) is 34.1. The Morgan fingerprint density at radius 1 is 1.25 bits per heavy atom. The van der Waals surface area contributed by atoms with Crippen molar-refractivity contribution in [2.45, 2.75) is 18.9 Å². The summed E-state index contributed by atoms with van der Waals surface area (Å²) in [5, 5.41) is 19.8. The molecule has 0 aliphatic rings. The number of hydroxylamine groups is 1. The molecule has 0 radical (unpaired) electrons. The number of methoxy groups -OCH3 is 1. The van der Waals surface area contributed by atoms with Crippen LogP contribution in [0.3, 0.4) is 0 Å². The van der Waals surface area contributed by atoms with Crippen molar-refractivity contribution in [3.63, 3.8) is 0 Å². The van der Waals surface area contributed by atoms with Gasteiger partial charge in [0.15, 0.2) is 0 Å². The molecular weight excluding hydrogens is 316 g/mol. The van der Waals surface area contributed by atoms with Crippen LogP contribution >= 0.6 is 0 Å². The molecule has 0 saturated carbocycles. The second-order valence-electron chi connectivity index (χ2n) is 4.75. The number of hydrogen-bond donors (Lipinski definition) is 4. The third-order valence-corrected chi connectivity index (χ3v) is 2.98. The van der Waals surface area contributed by atoms with Gasteiger partial charge in [-0.1, -0.05) is 11.8 Å². The highest BCUT2D eigenvalue weighted by atomic mass is 16.5. The monoisotopic (exact) mass is 334 g/mol. The van der Waals surface area contributed by atoms with Crippen molar-refractivity contribution in [3.8, 4) is 11.8 Å². The molecule has 0 aliphatic carbocycles. The molecule has 4 N–H and O–H groups in total. The molecule has 0 bridgehead atoms. The molecule has 2 amide bonds. The number of rotatable bonds is 7. The highest BCUT2D eigenvalue weighted by Gasteiger charge is 2.21. The Morgan fingerprint density at radius 2 is 1.92 bits per heavy atom. The van der Waals surface area contributed by atoms with Gasteiger partial charge in [0.25, 0.3) is 5.91 Å². The van der Waals surface area contributed by atoms with Gasteiger partial charge >= 0.3 is 5.97 Å². The average molecular weight is 334 g/mol. The molecule has 128 valence electrons. The molecule has 0 aliphatic heterocycles. The van der Waals surface area contributed by atoms with Crippen molar-refractivity contribution in [1.82, 2.24) is 10.8 Å². The Morgan fingerprint density at radius 3 is 2.46 bits per heavy atom. The number of ether oxygens (including phenoxy) is 1. The molecule has 0 heterocycles. The summed E-state index contributed by atoms with van der Waals surface area (Å²) in [6.45, 7) is 0.296. The van der Waals surface area contributed by atoms with Gasteiger partial charge in [-0.25, -0.2) is 10.3 Å². The number of nitrogens with one attached hydrogen (secondary N) is 2. The topological polar surface area (TPSA) is 125 Å². The van der Waals surface area contributed by atoms with Gasteiger partial charge in [-0.2, -0.15) is 0 Å². The van der Waals surface area contributed by atoms with Gasteiger partial charge in [-0.05, 0) is 30.7 Å². The molecule has 0 saturated heterocycles. The number of hydrogen-bond acceptors (Lipinski definition) is 5. The lowest BCUT2D eigenvalue weighted by Gasteiger charge is -2.14. The Bertz CT molecular complexity index is 645. The van der Waals surface area contributed by atoms with E-state index in [-0.39, 0.29) is 18.4 Å². The van der Waals surface area contributed by atoms with E-state index in [0.29, 0.717) is 12.2 Å². The molecule has 1 unspecified atom stereocenters. The van der Waals surface area contributed by atoms with Crippen LogP contribution in [0.4, 0.5) is 0 Å². The second-order valence-corrected chi connectivity index (χ2v) is 4.75. The predicted octanol–water partition coefficient (Wildman–Crippen LogP) is 0.153. The number of carbonyl (C=O) groups excluding carboxylic acids is 2. The van der Waals surface area contributed by atoms with E-state index in [4.69, 9.17) is 15.1 Å². The van der Waals surface area contributed by atoms with Gasteiger partial charge < -0.3 is 15.2 Å². The van der Waals surface area contributed by atoms with Crippen LogP contribution in [0.5, 0.6) is 0 Å². The average Bonchev–Trinajstić information content (AvgIpc) is 2.58. The molecule has 1 atom stereocenters. The zero-order chi connectivity index (χ0) is 17.9. The van der Waals surface area contributed by atoms with Crippen LogP contribution < -0.4 is 10.8 Å². The van der Waals surface area contributed by atoms with Gasteiger partial charge in [-0.3, -0.25) is 14.8 Å². The normalized spacial score (nSPS) is 10.9. The lowest BCUT2D eigenvalue weighted by molar-refractivity contribution is -0.139. The Balaban J connectivity index is 2.69. The van der Waals surface area contributed by atoms with Crippen LogP contribution in [0.15, 0.2) is 24.3 Å². The van der Waals surface area contributed by atoms with Crippen LogP contribution in [0, 0.1) is 11.8 Å². The van der Waals surface area contributed by atoms with Crippen LogP contribution in [-0.4, -0.2) is 47.9 Å². The molecule has 0 aromatic heterocycles. The minimum absolute atomic E-state index is 0.145. The molecular formula is C16H18N2O6. The molecule has 1 aromatic rings. The van der Waals surface area contributed by atoms with Gasteiger partial charge in [0.1, 0.15) is 12.6 Å². The third kappa shape index (κ3) is 6.48.